The average Bonchev–Trinajstić information content (AvgIpc) is 3.00. The van der Waals surface area contributed by atoms with Crippen molar-refractivity contribution in [2.75, 3.05) is 13.2 Å². The topological polar surface area (TPSA) is 44.5 Å². The number of aromatic nitrogens is 1. The first-order valence-electron chi connectivity index (χ1n) is 8.45. The molecule has 1 spiro atoms. The average molecular weight is 291 g/mol. The molecule has 4 rings (SSSR count). The third-order valence-electron chi connectivity index (χ3n) is 5.71. The molecule has 0 bridgehead atoms. The number of hydrogen-bond donors (Lipinski definition) is 0. The van der Waals surface area contributed by atoms with E-state index in [9.17, 15) is 0 Å². The molecule has 0 unspecified atom stereocenters. The van der Waals surface area contributed by atoms with Gasteiger partial charge in [-0.3, -0.25) is 0 Å². The number of aryl methyl sites for hydroxylation is 1. The Hall–Kier alpha value is -0.870. The zero-order chi connectivity index (χ0) is 14.2. The summed E-state index contributed by atoms with van der Waals surface area (Å²) in [7, 11) is 0. The van der Waals surface area contributed by atoms with Crippen molar-refractivity contribution in [1.29, 1.82) is 0 Å². The van der Waals surface area contributed by atoms with Crippen LogP contribution < -0.4 is 0 Å². The highest BCUT2D eigenvalue weighted by Crippen LogP contribution is 2.53. The Bertz CT molecular complexity index is 450. The van der Waals surface area contributed by atoms with Crippen LogP contribution in [0.15, 0.2) is 16.9 Å². The second-order valence-electron chi connectivity index (χ2n) is 7.25. The molecule has 3 fully saturated rings. The lowest BCUT2D eigenvalue weighted by Gasteiger charge is -2.44. The number of nitrogens with zero attached hydrogens (tertiary/aromatic N) is 1. The second kappa shape index (κ2) is 5.40. The Morgan fingerprint density at radius 2 is 1.86 bits per heavy atom. The number of ether oxygens (including phenoxy) is 2. The predicted molar refractivity (Wildman–Crippen MR) is 77.7 cm³/mol. The maximum atomic E-state index is 5.90. The predicted octanol–water partition coefficient (Wildman–Crippen LogP) is 3.71. The van der Waals surface area contributed by atoms with Crippen molar-refractivity contribution in [1.82, 2.24) is 5.16 Å². The van der Waals surface area contributed by atoms with Gasteiger partial charge in [-0.15, -0.1) is 0 Å². The van der Waals surface area contributed by atoms with Crippen LogP contribution in [0.5, 0.6) is 0 Å². The molecule has 0 radical (unpaired) electrons. The van der Waals surface area contributed by atoms with Gasteiger partial charge in [0.25, 0.3) is 0 Å². The van der Waals surface area contributed by atoms with Crippen LogP contribution in [0.25, 0.3) is 0 Å². The van der Waals surface area contributed by atoms with E-state index >= 15 is 0 Å². The molecule has 1 aliphatic heterocycles. The van der Waals surface area contributed by atoms with Gasteiger partial charge in [-0.25, -0.2) is 0 Å². The Kier molecular flexibility index (Phi) is 3.54. The first-order chi connectivity index (χ1) is 10.3. The molecule has 0 amide bonds. The Morgan fingerprint density at radius 3 is 2.48 bits per heavy atom. The first-order valence-corrected chi connectivity index (χ1v) is 8.45. The van der Waals surface area contributed by atoms with Gasteiger partial charge < -0.3 is 14.0 Å². The summed E-state index contributed by atoms with van der Waals surface area (Å²) < 4.78 is 16.8. The first kappa shape index (κ1) is 13.8. The van der Waals surface area contributed by atoms with E-state index in [0.29, 0.717) is 5.41 Å². The molecule has 1 aromatic heterocycles. The Morgan fingerprint density at radius 1 is 1.10 bits per heavy atom. The molecule has 1 aromatic rings. The van der Waals surface area contributed by atoms with Crippen molar-refractivity contribution in [2.24, 2.45) is 11.3 Å². The van der Waals surface area contributed by atoms with Crippen molar-refractivity contribution in [3.8, 4) is 0 Å². The van der Waals surface area contributed by atoms with Crippen LogP contribution in [0.3, 0.4) is 0 Å². The normalized spacial score (nSPS) is 27.2. The van der Waals surface area contributed by atoms with E-state index in [1.54, 1.807) is 6.26 Å². The van der Waals surface area contributed by atoms with Crippen molar-refractivity contribution in [3.63, 3.8) is 0 Å². The van der Waals surface area contributed by atoms with Gasteiger partial charge in [0, 0.05) is 18.9 Å². The molecule has 0 N–H and O–H groups in total. The largest absolute Gasteiger partial charge is 0.365 e. The molecular formula is C17H25NO3. The second-order valence-corrected chi connectivity index (χ2v) is 7.25. The highest BCUT2D eigenvalue weighted by molar-refractivity contribution is 5.00. The Balaban J connectivity index is 1.41. The molecule has 0 aromatic carbocycles. The maximum Gasteiger partial charge on any atom is 0.168 e. The van der Waals surface area contributed by atoms with Crippen LogP contribution in [0.4, 0.5) is 0 Å². The molecule has 4 nitrogen and oxygen atoms in total. The van der Waals surface area contributed by atoms with E-state index in [2.05, 4.69) is 5.16 Å². The lowest BCUT2D eigenvalue weighted by atomic mass is 9.66. The van der Waals surface area contributed by atoms with Crippen LogP contribution in [-0.2, 0) is 15.9 Å². The monoisotopic (exact) mass is 291 g/mol. The zero-order valence-electron chi connectivity index (χ0n) is 12.7. The SMILES string of the molecule is c1cc(CCC2(CC3CC3)CCC3(CC2)OCCO3)no1. The van der Waals surface area contributed by atoms with E-state index in [-0.39, 0.29) is 5.79 Å². The molecule has 2 heterocycles. The minimum absolute atomic E-state index is 0.235. The van der Waals surface area contributed by atoms with Gasteiger partial charge in [0.15, 0.2) is 5.79 Å². The van der Waals surface area contributed by atoms with Gasteiger partial charge in [-0.05, 0) is 43.4 Å². The van der Waals surface area contributed by atoms with Crippen LogP contribution >= 0.6 is 0 Å². The van der Waals surface area contributed by atoms with Crippen molar-refractivity contribution >= 4 is 0 Å². The van der Waals surface area contributed by atoms with Crippen molar-refractivity contribution < 1.29 is 14.0 Å². The lowest BCUT2D eigenvalue weighted by Crippen LogP contribution is -2.40. The van der Waals surface area contributed by atoms with Gasteiger partial charge in [0.2, 0.25) is 0 Å². The highest BCUT2D eigenvalue weighted by Gasteiger charge is 2.47. The molecule has 3 aliphatic rings. The number of hydrogen-bond acceptors (Lipinski definition) is 4. The van der Waals surface area contributed by atoms with E-state index in [0.717, 1.165) is 44.1 Å². The summed E-state index contributed by atoms with van der Waals surface area (Å²) >= 11 is 0. The number of rotatable bonds is 5. The minimum atomic E-state index is -0.235. The molecule has 1 saturated heterocycles. The fourth-order valence-electron chi connectivity index (χ4n) is 4.20. The summed E-state index contributed by atoms with van der Waals surface area (Å²) in [5.74, 6) is 0.739. The summed E-state index contributed by atoms with van der Waals surface area (Å²) in [6.45, 7) is 1.54. The smallest absolute Gasteiger partial charge is 0.168 e. The molecular weight excluding hydrogens is 266 g/mol. The molecule has 4 heteroatoms. The van der Waals surface area contributed by atoms with Gasteiger partial charge in [-0.2, -0.15) is 0 Å². The van der Waals surface area contributed by atoms with Gasteiger partial charge in [0.1, 0.15) is 6.26 Å². The third-order valence-corrected chi connectivity index (χ3v) is 5.71. The third kappa shape index (κ3) is 3.02. The summed E-state index contributed by atoms with van der Waals surface area (Å²) in [6, 6.07) is 2.00. The summed E-state index contributed by atoms with van der Waals surface area (Å²) in [5.41, 5.74) is 1.57. The molecule has 2 saturated carbocycles. The maximum absolute atomic E-state index is 5.90. The van der Waals surface area contributed by atoms with Gasteiger partial charge in [0.05, 0.1) is 18.9 Å². The van der Waals surface area contributed by atoms with E-state index < -0.39 is 0 Å². The summed E-state index contributed by atoms with van der Waals surface area (Å²) in [6.07, 6.45) is 12.8. The molecule has 2 aliphatic carbocycles. The summed E-state index contributed by atoms with van der Waals surface area (Å²) in [5, 5.41) is 4.07. The minimum Gasteiger partial charge on any atom is -0.365 e. The van der Waals surface area contributed by atoms with Crippen LogP contribution in [0, 0.1) is 11.3 Å². The zero-order valence-corrected chi connectivity index (χ0v) is 12.7. The quantitative estimate of drug-likeness (QED) is 0.829. The van der Waals surface area contributed by atoms with Gasteiger partial charge in [-0.1, -0.05) is 18.0 Å². The van der Waals surface area contributed by atoms with Crippen molar-refractivity contribution in [2.45, 2.75) is 63.6 Å². The van der Waals surface area contributed by atoms with E-state index in [1.165, 1.54) is 38.5 Å². The standard InChI is InChI=1S/C17H25NO3/c1-2-14(1)13-16(5-3-15-4-10-21-18-15)6-8-17(9-7-16)19-11-12-20-17/h4,10,14H,1-3,5-9,11-13H2. The molecule has 116 valence electrons. The van der Waals surface area contributed by atoms with E-state index in [4.69, 9.17) is 14.0 Å². The van der Waals surface area contributed by atoms with Crippen LogP contribution in [0.2, 0.25) is 0 Å². The van der Waals surface area contributed by atoms with Crippen LogP contribution in [-0.4, -0.2) is 24.2 Å². The molecule has 0 atom stereocenters. The lowest BCUT2D eigenvalue weighted by molar-refractivity contribution is -0.193. The Labute approximate surface area is 126 Å². The molecule has 21 heavy (non-hydrogen) atoms. The fourth-order valence-corrected chi connectivity index (χ4v) is 4.20. The van der Waals surface area contributed by atoms with Crippen LogP contribution in [0.1, 0.15) is 57.1 Å². The summed E-state index contributed by atoms with van der Waals surface area (Å²) in [4.78, 5) is 0. The highest BCUT2D eigenvalue weighted by atomic mass is 16.7. The van der Waals surface area contributed by atoms with Crippen molar-refractivity contribution in [3.05, 3.63) is 18.0 Å². The van der Waals surface area contributed by atoms with E-state index in [1.807, 2.05) is 6.07 Å². The fraction of sp³-hybridized carbons (Fsp3) is 0.824. The van der Waals surface area contributed by atoms with Gasteiger partial charge >= 0.3 is 0 Å².